The second-order valence-corrected chi connectivity index (χ2v) is 8.71. The van der Waals surface area contributed by atoms with Gasteiger partial charge in [-0.3, -0.25) is 9.10 Å². The predicted molar refractivity (Wildman–Crippen MR) is 106 cm³/mol. The van der Waals surface area contributed by atoms with E-state index in [4.69, 9.17) is 23.2 Å². The molecule has 2 aromatic carbocycles. The van der Waals surface area contributed by atoms with E-state index in [0.29, 0.717) is 11.6 Å². The minimum absolute atomic E-state index is 0.177. The van der Waals surface area contributed by atoms with Crippen LogP contribution < -0.4 is 4.31 Å². The zero-order chi connectivity index (χ0) is 19.5. The molecule has 0 aromatic heterocycles. The molecule has 2 rings (SSSR count). The van der Waals surface area contributed by atoms with Crippen molar-refractivity contribution in [3.05, 3.63) is 64.1 Å². The Morgan fingerprint density at radius 3 is 2.31 bits per heavy atom. The summed E-state index contributed by atoms with van der Waals surface area (Å²) in [5.41, 5.74) is 1.12. The first-order valence-electron chi connectivity index (χ1n) is 7.84. The second kappa shape index (κ2) is 8.29. The minimum atomic E-state index is -3.77. The third-order valence-electron chi connectivity index (χ3n) is 3.85. The van der Waals surface area contributed by atoms with Crippen LogP contribution in [-0.4, -0.2) is 38.6 Å². The van der Waals surface area contributed by atoms with E-state index < -0.39 is 16.1 Å². The van der Waals surface area contributed by atoms with Gasteiger partial charge in [-0.2, -0.15) is 0 Å². The van der Waals surface area contributed by atoms with Crippen LogP contribution in [0.4, 0.5) is 5.69 Å². The van der Waals surface area contributed by atoms with E-state index in [1.54, 1.807) is 13.1 Å². The molecule has 1 atom stereocenters. The van der Waals surface area contributed by atoms with E-state index in [2.05, 4.69) is 0 Å². The molecule has 0 bridgehead atoms. The van der Waals surface area contributed by atoms with Crippen molar-refractivity contribution in [1.29, 1.82) is 0 Å². The summed E-state index contributed by atoms with van der Waals surface area (Å²) in [5, 5.41) is 0.528. The normalized spacial score (nSPS) is 12.5. The van der Waals surface area contributed by atoms with Crippen LogP contribution in [0.25, 0.3) is 0 Å². The molecular formula is C18H20Cl2N2O3S. The van der Waals surface area contributed by atoms with Crippen LogP contribution in [0, 0.1) is 0 Å². The van der Waals surface area contributed by atoms with E-state index in [0.717, 1.165) is 16.1 Å². The third kappa shape index (κ3) is 4.90. The molecule has 26 heavy (non-hydrogen) atoms. The van der Waals surface area contributed by atoms with Crippen LogP contribution >= 0.6 is 23.2 Å². The molecule has 140 valence electrons. The van der Waals surface area contributed by atoms with Gasteiger partial charge >= 0.3 is 0 Å². The number of hydrogen-bond donors (Lipinski definition) is 0. The average Bonchev–Trinajstić information content (AvgIpc) is 2.57. The van der Waals surface area contributed by atoms with Crippen molar-refractivity contribution in [2.45, 2.75) is 19.5 Å². The van der Waals surface area contributed by atoms with Crippen LogP contribution in [-0.2, 0) is 21.4 Å². The fourth-order valence-corrected chi connectivity index (χ4v) is 4.28. The number of halogens is 2. The second-order valence-electron chi connectivity index (χ2n) is 6.01. The number of anilines is 1. The van der Waals surface area contributed by atoms with Crippen LogP contribution in [0.3, 0.4) is 0 Å². The van der Waals surface area contributed by atoms with Gasteiger partial charge in [0.05, 0.1) is 17.0 Å². The smallest absolute Gasteiger partial charge is 0.246 e. The summed E-state index contributed by atoms with van der Waals surface area (Å²) >= 11 is 12.2. The summed E-state index contributed by atoms with van der Waals surface area (Å²) in [6, 6.07) is 13.0. The highest BCUT2D eigenvalue weighted by Gasteiger charge is 2.32. The Morgan fingerprint density at radius 2 is 1.73 bits per heavy atom. The molecule has 0 saturated carbocycles. The number of carbonyl (C=O) groups excluding carboxylic acids is 1. The molecule has 8 heteroatoms. The molecule has 0 unspecified atom stereocenters. The van der Waals surface area contributed by atoms with Crippen LogP contribution in [0.1, 0.15) is 12.5 Å². The number of nitrogens with zero attached hydrogens (tertiary/aromatic N) is 2. The Morgan fingerprint density at radius 1 is 1.12 bits per heavy atom. The largest absolute Gasteiger partial charge is 0.340 e. The molecule has 0 aliphatic heterocycles. The fraction of sp³-hybridized carbons (Fsp3) is 0.278. The maximum Gasteiger partial charge on any atom is 0.246 e. The fourth-order valence-electron chi connectivity index (χ4n) is 2.68. The van der Waals surface area contributed by atoms with Gasteiger partial charge in [0.15, 0.2) is 0 Å². The van der Waals surface area contributed by atoms with E-state index in [9.17, 15) is 13.2 Å². The standard InChI is InChI=1S/C18H20Cl2N2O3S/c1-13(18(23)21(2)12-14-7-5-4-6-8-14)22(26(3,24)25)17-11-15(19)9-10-16(17)20/h4-11,13H,12H2,1-3H3/t13-/m0/s1. The Balaban J connectivity index is 2.33. The Kier molecular flexibility index (Phi) is 6.55. The highest BCUT2D eigenvalue weighted by Crippen LogP contribution is 2.32. The summed E-state index contributed by atoms with van der Waals surface area (Å²) in [5.74, 6) is -0.352. The molecule has 0 aliphatic rings. The zero-order valence-electron chi connectivity index (χ0n) is 14.7. The first kappa shape index (κ1) is 20.6. The molecule has 0 saturated heterocycles. The SMILES string of the molecule is C[C@@H](C(=O)N(C)Cc1ccccc1)N(c1cc(Cl)ccc1Cl)S(C)(=O)=O. The van der Waals surface area contributed by atoms with Gasteiger partial charge in [-0.15, -0.1) is 0 Å². The molecule has 0 aliphatic carbocycles. The Hall–Kier alpha value is -1.76. The highest BCUT2D eigenvalue weighted by atomic mass is 35.5. The van der Waals surface area contributed by atoms with Crippen molar-refractivity contribution in [2.75, 3.05) is 17.6 Å². The maximum absolute atomic E-state index is 12.8. The molecule has 2 aromatic rings. The molecule has 0 N–H and O–H groups in total. The topological polar surface area (TPSA) is 57.7 Å². The summed E-state index contributed by atoms with van der Waals surface area (Å²) in [4.78, 5) is 14.3. The lowest BCUT2D eigenvalue weighted by molar-refractivity contribution is -0.131. The van der Waals surface area contributed by atoms with Gasteiger partial charge in [0.25, 0.3) is 0 Å². The number of benzene rings is 2. The molecule has 0 fully saturated rings. The van der Waals surface area contributed by atoms with Crippen molar-refractivity contribution in [2.24, 2.45) is 0 Å². The Bertz CT molecular complexity index is 889. The molecule has 5 nitrogen and oxygen atoms in total. The molecule has 1 amide bonds. The predicted octanol–water partition coefficient (Wildman–Crippen LogP) is 3.81. The number of rotatable bonds is 6. The van der Waals surface area contributed by atoms with E-state index >= 15 is 0 Å². The van der Waals surface area contributed by atoms with Crippen molar-refractivity contribution < 1.29 is 13.2 Å². The van der Waals surface area contributed by atoms with Gasteiger partial charge in [0, 0.05) is 18.6 Å². The monoisotopic (exact) mass is 414 g/mol. The van der Waals surface area contributed by atoms with Crippen LogP contribution in [0.2, 0.25) is 10.0 Å². The summed E-state index contributed by atoms with van der Waals surface area (Å²) in [6.07, 6.45) is 1.03. The van der Waals surface area contributed by atoms with Crippen LogP contribution in [0.5, 0.6) is 0 Å². The van der Waals surface area contributed by atoms with E-state index in [1.807, 2.05) is 30.3 Å². The number of likely N-dealkylation sites (N-methyl/N-ethyl adjacent to an activating group) is 1. The molecule has 0 radical (unpaired) electrons. The van der Waals surface area contributed by atoms with Gasteiger partial charge in [-0.05, 0) is 30.7 Å². The maximum atomic E-state index is 12.8. The van der Waals surface area contributed by atoms with Crippen molar-refractivity contribution in [3.8, 4) is 0 Å². The van der Waals surface area contributed by atoms with Crippen molar-refractivity contribution in [1.82, 2.24) is 4.90 Å². The number of hydrogen-bond acceptors (Lipinski definition) is 3. The summed E-state index contributed by atoms with van der Waals surface area (Å²) in [7, 11) is -2.13. The third-order valence-corrected chi connectivity index (χ3v) is 5.63. The quantitative estimate of drug-likeness (QED) is 0.721. The molecule has 0 heterocycles. The lowest BCUT2D eigenvalue weighted by Gasteiger charge is -2.31. The lowest BCUT2D eigenvalue weighted by Crippen LogP contribution is -2.48. The lowest BCUT2D eigenvalue weighted by atomic mass is 10.2. The highest BCUT2D eigenvalue weighted by molar-refractivity contribution is 7.92. The van der Waals surface area contributed by atoms with Gasteiger partial charge in [0.1, 0.15) is 6.04 Å². The number of sulfonamides is 1. The summed E-state index contributed by atoms with van der Waals surface area (Å²) < 4.78 is 25.8. The van der Waals surface area contributed by atoms with E-state index in [-0.39, 0.29) is 16.6 Å². The Labute approximate surface area is 164 Å². The van der Waals surface area contributed by atoms with E-state index in [1.165, 1.54) is 24.0 Å². The minimum Gasteiger partial charge on any atom is -0.340 e. The van der Waals surface area contributed by atoms with Gasteiger partial charge in [0.2, 0.25) is 15.9 Å². The summed E-state index contributed by atoms with van der Waals surface area (Å²) in [6.45, 7) is 1.90. The van der Waals surface area contributed by atoms with Gasteiger partial charge in [-0.25, -0.2) is 8.42 Å². The first-order valence-corrected chi connectivity index (χ1v) is 10.4. The first-order chi connectivity index (χ1) is 12.1. The zero-order valence-corrected chi connectivity index (χ0v) is 17.0. The van der Waals surface area contributed by atoms with Crippen molar-refractivity contribution in [3.63, 3.8) is 0 Å². The van der Waals surface area contributed by atoms with Crippen molar-refractivity contribution >= 4 is 44.8 Å². The average molecular weight is 415 g/mol. The van der Waals surface area contributed by atoms with Gasteiger partial charge in [-0.1, -0.05) is 53.5 Å². The van der Waals surface area contributed by atoms with Gasteiger partial charge < -0.3 is 4.90 Å². The molecule has 0 spiro atoms. The van der Waals surface area contributed by atoms with Crippen LogP contribution in [0.15, 0.2) is 48.5 Å². The number of amides is 1. The number of carbonyl (C=O) groups is 1. The molecular weight excluding hydrogens is 395 g/mol.